The zero-order chi connectivity index (χ0) is 14.3. The molecule has 0 heterocycles. The summed E-state index contributed by atoms with van der Waals surface area (Å²) >= 11 is 0. The second kappa shape index (κ2) is 7.17. The summed E-state index contributed by atoms with van der Waals surface area (Å²) in [5.74, 6) is -1.13. The Hall–Kier alpha value is -1.34. The number of carboxylic acids is 1. The van der Waals surface area contributed by atoms with Gasteiger partial charge in [0.15, 0.2) is 0 Å². The Morgan fingerprint density at radius 3 is 2.33 bits per heavy atom. The van der Waals surface area contributed by atoms with Gasteiger partial charge in [-0.25, -0.2) is 4.79 Å². The van der Waals surface area contributed by atoms with Crippen LogP contribution in [0.2, 0.25) is 0 Å². The van der Waals surface area contributed by atoms with Crippen molar-refractivity contribution in [3.63, 3.8) is 0 Å². The van der Waals surface area contributed by atoms with Crippen LogP contribution in [0.4, 0.5) is 4.79 Å². The zero-order valence-corrected chi connectivity index (χ0v) is 11.0. The Balaban J connectivity index is 4.34. The van der Waals surface area contributed by atoms with Crippen molar-refractivity contribution in [1.82, 2.24) is 10.2 Å². The fourth-order valence-corrected chi connectivity index (χ4v) is 1.46. The molecule has 0 aliphatic rings. The summed E-state index contributed by atoms with van der Waals surface area (Å²) in [6.45, 7) is 4.80. The minimum atomic E-state index is -1.50. The third kappa shape index (κ3) is 6.41. The Morgan fingerprint density at radius 2 is 1.94 bits per heavy atom. The summed E-state index contributed by atoms with van der Waals surface area (Å²) in [7, 11) is 0. The lowest BCUT2D eigenvalue weighted by Crippen LogP contribution is -2.50. The molecule has 0 aromatic heterocycles. The Kier molecular flexibility index (Phi) is 6.64. The van der Waals surface area contributed by atoms with E-state index in [9.17, 15) is 14.7 Å². The van der Waals surface area contributed by atoms with Crippen LogP contribution in [0.25, 0.3) is 0 Å². The first-order valence-electron chi connectivity index (χ1n) is 5.79. The maximum Gasteiger partial charge on any atom is 0.317 e. The molecule has 0 aromatic carbocycles. The third-order valence-electron chi connectivity index (χ3n) is 2.38. The fourth-order valence-electron chi connectivity index (χ4n) is 1.46. The van der Waals surface area contributed by atoms with Gasteiger partial charge in [0.25, 0.3) is 0 Å². The van der Waals surface area contributed by atoms with Crippen molar-refractivity contribution in [2.45, 2.75) is 38.8 Å². The number of nitrogens with zero attached hydrogens (tertiary/aromatic N) is 1. The number of hydrogen-bond acceptors (Lipinski definition) is 4. The van der Waals surface area contributed by atoms with E-state index in [-0.39, 0.29) is 25.7 Å². The Bertz CT molecular complexity index is 291. The number of rotatable bonds is 7. The van der Waals surface area contributed by atoms with E-state index >= 15 is 0 Å². The van der Waals surface area contributed by atoms with Crippen molar-refractivity contribution in [2.24, 2.45) is 0 Å². The Labute approximate surface area is 106 Å². The molecule has 1 atom stereocenters. The molecule has 106 valence electrons. The van der Waals surface area contributed by atoms with E-state index in [0.29, 0.717) is 0 Å². The molecule has 0 aliphatic carbocycles. The summed E-state index contributed by atoms with van der Waals surface area (Å²) in [6.07, 6.45) is -0.449. The topological polar surface area (TPSA) is 110 Å². The van der Waals surface area contributed by atoms with E-state index in [0.717, 1.165) is 0 Å². The lowest BCUT2D eigenvalue weighted by molar-refractivity contribution is -0.141. The van der Waals surface area contributed by atoms with Crippen LogP contribution >= 0.6 is 0 Å². The molecule has 18 heavy (non-hydrogen) atoms. The van der Waals surface area contributed by atoms with Crippen LogP contribution in [0, 0.1) is 0 Å². The van der Waals surface area contributed by atoms with E-state index in [1.807, 2.05) is 0 Å². The molecular weight excluding hydrogens is 240 g/mol. The van der Waals surface area contributed by atoms with E-state index < -0.39 is 24.0 Å². The second-order valence-corrected chi connectivity index (χ2v) is 4.74. The summed E-state index contributed by atoms with van der Waals surface area (Å²) in [5, 5.41) is 29.6. The molecule has 0 aromatic rings. The van der Waals surface area contributed by atoms with Gasteiger partial charge in [-0.15, -0.1) is 0 Å². The van der Waals surface area contributed by atoms with Gasteiger partial charge in [0.2, 0.25) is 0 Å². The van der Waals surface area contributed by atoms with Gasteiger partial charge < -0.3 is 25.5 Å². The van der Waals surface area contributed by atoms with Crippen LogP contribution in [0.1, 0.15) is 27.2 Å². The van der Waals surface area contributed by atoms with Crippen molar-refractivity contribution in [3.05, 3.63) is 0 Å². The van der Waals surface area contributed by atoms with Gasteiger partial charge in [0.05, 0.1) is 18.6 Å². The SMILES string of the molecule is CC(C)N(CCO)C(=O)NCC(C)(O)CC(=O)O. The molecule has 2 amide bonds. The first-order valence-corrected chi connectivity index (χ1v) is 5.79. The molecule has 0 spiro atoms. The van der Waals surface area contributed by atoms with Gasteiger partial charge in [-0.1, -0.05) is 0 Å². The maximum atomic E-state index is 11.8. The number of urea groups is 1. The molecule has 0 saturated heterocycles. The number of aliphatic carboxylic acids is 1. The minimum Gasteiger partial charge on any atom is -0.481 e. The number of hydrogen-bond donors (Lipinski definition) is 4. The highest BCUT2D eigenvalue weighted by Crippen LogP contribution is 2.08. The van der Waals surface area contributed by atoms with Gasteiger partial charge >= 0.3 is 12.0 Å². The summed E-state index contributed by atoms with van der Waals surface area (Å²) in [4.78, 5) is 23.6. The predicted molar refractivity (Wildman–Crippen MR) is 65.2 cm³/mol. The molecular formula is C11H22N2O5. The number of aliphatic hydroxyl groups is 2. The van der Waals surface area contributed by atoms with Gasteiger partial charge in [-0.05, 0) is 20.8 Å². The molecule has 0 rings (SSSR count). The molecule has 0 aliphatic heterocycles. The molecule has 4 N–H and O–H groups in total. The van der Waals surface area contributed by atoms with Crippen molar-refractivity contribution in [3.8, 4) is 0 Å². The quantitative estimate of drug-likeness (QED) is 0.500. The normalized spacial score (nSPS) is 14.1. The number of carboxylic acid groups (broad SMARTS) is 1. The molecule has 0 bridgehead atoms. The molecule has 7 nitrogen and oxygen atoms in total. The average molecular weight is 262 g/mol. The number of aliphatic hydroxyl groups excluding tert-OH is 1. The van der Waals surface area contributed by atoms with E-state index in [2.05, 4.69) is 5.32 Å². The maximum absolute atomic E-state index is 11.8. The third-order valence-corrected chi connectivity index (χ3v) is 2.38. The van der Waals surface area contributed by atoms with E-state index in [1.165, 1.54) is 11.8 Å². The van der Waals surface area contributed by atoms with Crippen LogP contribution in [0.15, 0.2) is 0 Å². The van der Waals surface area contributed by atoms with Crippen molar-refractivity contribution >= 4 is 12.0 Å². The highest BCUT2D eigenvalue weighted by molar-refractivity contribution is 5.75. The highest BCUT2D eigenvalue weighted by atomic mass is 16.4. The van der Waals surface area contributed by atoms with E-state index in [4.69, 9.17) is 10.2 Å². The first kappa shape index (κ1) is 16.7. The van der Waals surface area contributed by atoms with Crippen LogP contribution in [0.5, 0.6) is 0 Å². The first-order chi connectivity index (χ1) is 8.19. The predicted octanol–water partition coefficient (Wildman–Crippen LogP) is -0.376. The van der Waals surface area contributed by atoms with Crippen molar-refractivity contribution < 1.29 is 24.9 Å². The van der Waals surface area contributed by atoms with Crippen LogP contribution in [0.3, 0.4) is 0 Å². The minimum absolute atomic E-state index is 0.0958. The standard InChI is InChI=1S/C11H22N2O5/c1-8(2)13(4-5-14)10(17)12-7-11(3,18)6-9(15)16/h8,14,18H,4-7H2,1-3H3,(H,12,17)(H,15,16). The summed E-state index contributed by atoms with van der Waals surface area (Å²) in [5.41, 5.74) is -1.50. The molecule has 0 radical (unpaired) electrons. The summed E-state index contributed by atoms with van der Waals surface area (Å²) in [6, 6.07) is -0.536. The molecule has 0 fully saturated rings. The summed E-state index contributed by atoms with van der Waals surface area (Å²) < 4.78 is 0. The second-order valence-electron chi connectivity index (χ2n) is 4.74. The zero-order valence-electron chi connectivity index (χ0n) is 11.0. The number of carbonyl (C=O) groups is 2. The van der Waals surface area contributed by atoms with Crippen LogP contribution in [-0.2, 0) is 4.79 Å². The van der Waals surface area contributed by atoms with Gasteiger partial charge in [-0.2, -0.15) is 0 Å². The number of carbonyl (C=O) groups excluding carboxylic acids is 1. The van der Waals surface area contributed by atoms with Crippen molar-refractivity contribution in [2.75, 3.05) is 19.7 Å². The number of amides is 2. The van der Waals surface area contributed by atoms with Crippen LogP contribution in [-0.4, -0.2) is 63.6 Å². The molecule has 0 saturated carbocycles. The smallest absolute Gasteiger partial charge is 0.317 e. The molecule has 1 unspecified atom stereocenters. The van der Waals surface area contributed by atoms with E-state index in [1.54, 1.807) is 13.8 Å². The van der Waals surface area contributed by atoms with Crippen LogP contribution < -0.4 is 5.32 Å². The van der Waals surface area contributed by atoms with Crippen molar-refractivity contribution in [1.29, 1.82) is 0 Å². The average Bonchev–Trinajstić information content (AvgIpc) is 2.20. The van der Waals surface area contributed by atoms with Gasteiger partial charge in [0, 0.05) is 19.1 Å². The van der Waals surface area contributed by atoms with Gasteiger partial charge in [-0.3, -0.25) is 4.79 Å². The number of nitrogens with one attached hydrogen (secondary N) is 1. The monoisotopic (exact) mass is 262 g/mol. The lowest BCUT2D eigenvalue weighted by atomic mass is 10.0. The lowest BCUT2D eigenvalue weighted by Gasteiger charge is -2.28. The largest absolute Gasteiger partial charge is 0.481 e. The highest BCUT2D eigenvalue weighted by Gasteiger charge is 2.26. The Morgan fingerprint density at radius 1 is 1.39 bits per heavy atom. The fraction of sp³-hybridized carbons (Fsp3) is 0.818. The van der Waals surface area contributed by atoms with Gasteiger partial charge in [0.1, 0.15) is 0 Å². The molecule has 7 heteroatoms.